The molecule has 0 fully saturated rings. The van der Waals surface area contributed by atoms with Crippen molar-refractivity contribution in [3.05, 3.63) is 64.8 Å². The van der Waals surface area contributed by atoms with E-state index in [-0.39, 0.29) is 11.4 Å². The molecule has 1 heterocycles. The number of allylic oxidation sites excluding steroid dienone is 4. The van der Waals surface area contributed by atoms with Gasteiger partial charge in [0.25, 0.3) is 5.91 Å². The molecule has 1 aromatic heterocycles. The van der Waals surface area contributed by atoms with E-state index in [1.807, 2.05) is 20.8 Å². The summed E-state index contributed by atoms with van der Waals surface area (Å²) in [7, 11) is 0. The van der Waals surface area contributed by atoms with Crippen molar-refractivity contribution in [2.75, 3.05) is 6.54 Å². The van der Waals surface area contributed by atoms with Crippen molar-refractivity contribution < 1.29 is 18.0 Å². The number of alkyl halides is 3. The minimum Gasteiger partial charge on any atom is -0.390 e. The minimum absolute atomic E-state index is 0.289. The van der Waals surface area contributed by atoms with Crippen LogP contribution in [0.25, 0.3) is 0 Å². The number of amides is 1. The summed E-state index contributed by atoms with van der Waals surface area (Å²) in [5.74, 6) is -0.206. The Morgan fingerprint density at radius 3 is 2.45 bits per heavy atom. The van der Waals surface area contributed by atoms with Crippen LogP contribution < -0.4 is 10.6 Å². The predicted molar refractivity (Wildman–Crippen MR) is 116 cm³/mol. The summed E-state index contributed by atoms with van der Waals surface area (Å²) in [6, 6.07) is 3.21. The molecule has 0 aromatic carbocycles. The van der Waals surface area contributed by atoms with Gasteiger partial charge in [0.2, 0.25) is 0 Å². The molecule has 0 bridgehead atoms. The molecule has 0 unspecified atom stereocenters. The summed E-state index contributed by atoms with van der Waals surface area (Å²) in [4.78, 5) is 16.1. The monoisotopic (exact) mass is 434 g/mol. The molecular formula is C23H29F3N4O. The molecule has 1 amide bonds. The van der Waals surface area contributed by atoms with Crippen LogP contribution in [0.4, 0.5) is 13.2 Å². The highest BCUT2D eigenvalue weighted by Crippen LogP contribution is 2.34. The molecule has 3 N–H and O–H groups in total. The molecule has 0 radical (unpaired) electrons. The average molecular weight is 435 g/mol. The third-order valence-corrected chi connectivity index (χ3v) is 4.64. The number of aromatic nitrogens is 1. The van der Waals surface area contributed by atoms with E-state index in [0.717, 1.165) is 25.1 Å². The standard InChI is InChI=1S/C23H29F3N4O/c1-14(2)9-10-28-13-15-11-19(16(12-17(15)27)22(3,4)5)30-21(31)18-7-6-8-20(29-18)23(24,25)26/h6-8,11-14,27-28H,9-10H2,1-5H3,(H,30,31)/b15-13-,27-17?. The molecule has 5 nitrogen and oxygen atoms in total. The molecule has 0 spiro atoms. The van der Waals surface area contributed by atoms with Gasteiger partial charge < -0.3 is 16.0 Å². The van der Waals surface area contributed by atoms with Crippen molar-refractivity contribution in [1.82, 2.24) is 15.6 Å². The van der Waals surface area contributed by atoms with Gasteiger partial charge in [-0.3, -0.25) is 4.79 Å². The van der Waals surface area contributed by atoms with Gasteiger partial charge in [0, 0.05) is 24.0 Å². The Hall–Kier alpha value is -2.90. The van der Waals surface area contributed by atoms with E-state index in [2.05, 4.69) is 29.5 Å². The van der Waals surface area contributed by atoms with Crippen LogP contribution >= 0.6 is 0 Å². The van der Waals surface area contributed by atoms with Crippen molar-refractivity contribution in [1.29, 1.82) is 5.41 Å². The van der Waals surface area contributed by atoms with Crippen LogP contribution in [0.5, 0.6) is 0 Å². The van der Waals surface area contributed by atoms with Crippen LogP contribution in [-0.2, 0) is 6.18 Å². The molecule has 0 aliphatic heterocycles. The van der Waals surface area contributed by atoms with E-state index < -0.39 is 23.2 Å². The predicted octanol–water partition coefficient (Wildman–Crippen LogP) is 5.24. The van der Waals surface area contributed by atoms with Gasteiger partial charge >= 0.3 is 6.18 Å². The Labute approximate surface area is 181 Å². The smallest absolute Gasteiger partial charge is 0.390 e. The Morgan fingerprint density at radius 2 is 1.87 bits per heavy atom. The van der Waals surface area contributed by atoms with Crippen LogP contribution in [0, 0.1) is 16.7 Å². The van der Waals surface area contributed by atoms with Crippen molar-refractivity contribution in [2.24, 2.45) is 11.3 Å². The van der Waals surface area contributed by atoms with Gasteiger partial charge in [-0.05, 0) is 47.6 Å². The summed E-state index contributed by atoms with van der Waals surface area (Å²) in [5.41, 5.74) is 0.151. The van der Waals surface area contributed by atoms with E-state index >= 15 is 0 Å². The zero-order valence-electron chi connectivity index (χ0n) is 18.4. The van der Waals surface area contributed by atoms with Crippen molar-refractivity contribution >= 4 is 11.6 Å². The Morgan fingerprint density at radius 1 is 1.19 bits per heavy atom. The van der Waals surface area contributed by atoms with Gasteiger partial charge in [-0.25, -0.2) is 4.98 Å². The maximum atomic E-state index is 12.9. The maximum Gasteiger partial charge on any atom is 0.433 e. The third-order valence-electron chi connectivity index (χ3n) is 4.64. The molecule has 2 rings (SSSR count). The SMILES string of the molecule is CC(C)CCN/C=C1/C=C(NC(=O)c2cccc(C(F)(F)F)n2)C(C(C)(C)C)=CC1=N. The van der Waals surface area contributed by atoms with Crippen LogP contribution in [0.1, 0.15) is 57.2 Å². The van der Waals surface area contributed by atoms with E-state index in [0.29, 0.717) is 22.8 Å². The number of carbonyl (C=O) groups excluding carboxylic acids is 1. The van der Waals surface area contributed by atoms with E-state index in [4.69, 9.17) is 5.41 Å². The molecule has 8 heteroatoms. The molecule has 1 aliphatic carbocycles. The lowest BCUT2D eigenvalue weighted by Gasteiger charge is -2.29. The second-order valence-electron chi connectivity index (χ2n) is 8.88. The number of halogens is 3. The molecule has 0 saturated heterocycles. The fourth-order valence-corrected chi connectivity index (χ4v) is 2.92. The summed E-state index contributed by atoms with van der Waals surface area (Å²) < 4.78 is 38.8. The Bertz CT molecular complexity index is 935. The normalized spacial score (nSPS) is 16.3. The quantitative estimate of drug-likeness (QED) is 0.536. The highest BCUT2D eigenvalue weighted by molar-refractivity contribution is 6.11. The first-order valence-electron chi connectivity index (χ1n) is 10.1. The van der Waals surface area contributed by atoms with Crippen molar-refractivity contribution in [3.8, 4) is 0 Å². The number of hydrogen-bond donors (Lipinski definition) is 3. The lowest BCUT2D eigenvalue weighted by Crippen LogP contribution is -2.31. The van der Waals surface area contributed by atoms with Crippen LogP contribution in [0.2, 0.25) is 0 Å². The van der Waals surface area contributed by atoms with Crippen LogP contribution in [-0.4, -0.2) is 23.1 Å². The summed E-state index contributed by atoms with van der Waals surface area (Å²) in [5, 5.41) is 14.2. The van der Waals surface area contributed by atoms with Gasteiger partial charge in [0.15, 0.2) is 0 Å². The second kappa shape index (κ2) is 9.49. The van der Waals surface area contributed by atoms with E-state index in [1.165, 1.54) is 6.07 Å². The number of nitrogens with zero attached hydrogens (tertiary/aromatic N) is 1. The third kappa shape index (κ3) is 6.80. The first kappa shape index (κ1) is 24.4. The van der Waals surface area contributed by atoms with Crippen LogP contribution in [0.3, 0.4) is 0 Å². The number of rotatable bonds is 6. The van der Waals surface area contributed by atoms with Crippen LogP contribution in [0.15, 0.2) is 53.4 Å². The number of nitrogens with one attached hydrogen (secondary N) is 3. The maximum absolute atomic E-state index is 12.9. The van der Waals surface area contributed by atoms with Gasteiger partial charge in [-0.15, -0.1) is 0 Å². The van der Waals surface area contributed by atoms with E-state index in [1.54, 1.807) is 18.4 Å². The van der Waals surface area contributed by atoms with E-state index in [9.17, 15) is 18.0 Å². The number of hydrogen-bond acceptors (Lipinski definition) is 4. The molecule has 1 aromatic rings. The lowest BCUT2D eigenvalue weighted by atomic mass is 9.80. The number of carbonyl (C=O) groups is 1. The highest BCUT2D eigenvalue weighted by atomic mass is 19.4. The molecule has 168 valence electrons. The Kier molecular flexibility index (Phi) is 7.46. The highest BCUT2D eigenvalue weighted by Gasteiger charge is 2.33. The molecule has 0 atom stereocenters. The fourth-order valence-electron chi connectivity index (χ4n) is 2.92. The molecule has 1 aliphatic rings. The second-order valence-corrected chi connectivity index (χ2v) is 8.88. The summed E-state index contributed by atoms with van der Waals surface area (Å²) in [6.07, 6.45) is 1.38. The first-order chi connectivity index (χ1) is 14.3. The zero-order chi connectivity index (χ0) is 23.4. The molecule has 31 heavy (non-hydrogen) atoms. The molecule has 0 saturated carbocycles. The lowest BCUT2D eigenvalue weighted by molar-refractivity contribution is -0.141. The van der Waals surface area contributed by atoms with Gasteiger partial charge in [0.1, 0.15) is 11.4 Å². The fraction of sp³-hybridized carbons (Fsp3) is 0.435. The van der Waals surface area contributed by atoms with Gasteiger partial charge in [0.05, 0.1) is 5.71 Å². The van der Waals surface area contributed by atoms with Gasteiger partial charge in [-0.2, -0.15) is 13.2 Å². The number of pyridine rings is 1. The average Bonchev–Trinajstić information content (AvgIpc) is 2.65. The summed E-state index contributed by atoms with van der Waals surface area (Å²) in [6.45, 7) is 10.8. The topological polar surface area (TPSA) is 77.9 Å². The first-order valence-corrected chi connectivity index (χ1v) is 10.1. The molecular weight excluding hydrogens is 405 g/mol. The van der Waals surface area contributed by atoms with Crippen molar-refractivity contribution in [2.45, 2.75) is 47.2 Å². The Balaban J connectivity index is 2.31. The largest absolute Gasteiger partial charge is 0.433 e. The minimum atomic E-state index is -4.64. The van der Waals surface area contributed by atoms with Crippen molar-refractivity contribution in [3.63, 3.8) is 0 Å². The zero-order valence-corrected chi connectivity index (χ0v) is 18.4. The summed E-state index contributed by atoms with van der Waals surface area (Å²) >= 11 is 0. The van der Waals surface area contributed by atoms with Gasteiger partial charge in [-0.1, -0.05) is 40.7 Å².